The maximum atomic E-state index is 12.6. The molecule has 24 heavy (non-hydrogen) atoms. The number of rotatable bonds is 3. The third-order valence-electron chi connectivity index (χ3n) is 4.76. The highest BCUT2D eigenvalue weighted by molar-refractivity contribution is 5.81. The first-order chi connectivity index (χ1) is 11.5. The minimum absolute atomic E-state index is 0.0192. The first-order valence-corrected chi connectivity index (χ1v) is 8.44. The van der Waals surface area contributed by atoms with Crippen LogP contribution in [-0.2, 0) is 11.3 Å². The molecule has 1 aromatic carbocycles. The Labute approximate surface area is 141 Å². The minimum atomic E-state index is -0.155. The van der Waals surface area contributed by atoms with Gasteiger partial charge < -0.3 is 4.90 Å². The fraction of sp³-hybridized carbons (Fsp3) is 0.500. The Hall–Kier alpha value is -2.21. The zero-order valence-corrected chi connectivity index (χ0v) is 14.5. The molecule has 0 radical (unpaired) electrons. The normalized spacial score (nSPS) is 16.1. The summed E-state index contributed by atoms with van der Waals surface area (Å²) in [5, 5.41) is 0.565. The van der Waals surface area contributed by atoms with Crippen LogP contribution in [0.25, 0.3) is 10.9 Å². The average Bonchev–Trinajstić information content (AvgIpc) is 2.58. The lowest BCUT2D eigenvalue weighted by Crippen LogP contribution is -2.51. The van der Waals surface area contributed by atoms with E-state index in [-0.39, 0.29) is 18.0 Å². The molecule has 0 saturated carbocycles. The number of aromatic nitrogens is 2. The third-order valence-corrected chi connectivity index (χ3v) is 4.76. The number of carbonyl (C=O) groups is 1. The Bertz CT molecular complexity index is 804. The van der Waals surface area contributed by atoms with E-state index in [9.17, 15) is 9.59 Å². The van der Waals surface area contributed by atoms with Crippen LogP contribution in [0.15, 0.2) is 29.3 Å². The van der Waals surface area contributed by atoms with E-state index in [2.05, 4.69) is 23.7 Å². The molecule has 1 aromatic heterocycles. The number of piperazine rings is 1. The van der Waals surface area contributed by atoms with Crippen LogP contribution in [-0.4, -0.2) is 57.5 Å². The van der Waals surface area contributed by atoms with E-state index in [0.717, 1.165) is 18.7 Å². The van der Waals surface area contributed by atoms with Crippen molar-refractivity contribution in [3.63, 3.8) is 0 Å². The van der Waals surface area contributed by atoms with Crippen molar-refractivity contribution in [2.45, 2.75) is 33.4 Å². The molecule has 2 heterocycles. The molecule has 0 unspecified atom stereocenters. The number of nitrogens with zero attached hydrogens (tertiary/aromatic N) is 4. The van der Waals surface area contributed by atoms with Gasteiger partial charge in [0.25, 0.3) is 5.56 Å². The van der Waals surface area contributed by atoms with Gasteiger partial charge in [-0.2, -0.15) is 0 Å². The molecule has 1 saturated heterocycles. The van der Waals surface area contributed by atoms with E-state index in [0.29, 0.717) is 30.0 Å². The van der Waals surface area contributed by atoms with Crippen molar-refractivity contribution in [1.29, 1.82) is 0 Å². The standard InChI is InChI=1S/C18H24N4O2/c1-13(2)20-7-9-21(10-8-20)16(23)11-22-12-19-17-14(3)5-4-6-15(17)18(22)24/h4-6,12-13H,7-11H2,1-3H3. The second-order valence-corrected chi connectivity index (χ2v) is 6.66. The summed E-state index contributed by atoms with van der Waals surface area (Å²) in [5.41, 5.74) is 1.52. The zero-order valence-electron chi connectivity index (χ0n) is 14.5. The second kappa shape index (κ2) is 6.73. The number of hydrogen-bond acceptors (Lipinski definition) is 4. The minimum Gasteiger partial charge on any atom is -0.339 e. The molecule has 6 heteroatoms. The van der Waals surface area contributed by atoms with Gasteiger partial charge in [-0.3, -0.25) is 19.1 Å². The van der Waals surface area contributed by atoms with Gasteiger partial charge in [0.05, 0.1) is 17.2 Å². The summed E-state index contributed by atoms with van der Waals surface area (Å²) < 4.78 is 1.42. The molecule has 6 nitrogen and oxygen atoms in total. The van der Waals surface area contributed by atoms with E-state index < -0.39 is 0 Å². The summed E-state index contributed by atoms with van der Waals surface area (Å²) in [6.45, 7) is 9.51. The molecular formula is C18H24N4O2. The molecule has 0 aliphatic carbocycles. The van der Waals surface area contributed by atoms with Crippen LogP contribution in [0.1, 0.15) is 19.4 Å². The number of amides is 1. The van der Waals surface area contributed by atoms with Gasteiger partial charge in [0, 0.05) is 32.2 Å². The molecule has 0 spiro atoms. The Kier molecular flexibility index (Phi) is 4.66. The molecule has 2 aromatic rings. The average molecular weight is 328 g/mol. The van der Waals surface area contributed by atoms with Gasteiger partial charge in [0.15, 0.2) is 0 Å². The van der Waals surface area contributed by atoms with Gasteiger partial charge in [-0.15, -0.1) is 0 Å². The number of carbonyl (C=O) groups excluding carboxylic acids is 1. The van der Waals surface area contributed by atoms with Gasteiger partial charge in [0.2, 0.25) is 5.91 Å². The van der Waals surface area contributed by atoms with Crippen molar-refractivity contribution < 1.29 is 4.79 Å². The van der Waals surface area contributed by atoms with Crippen molar-refractivity contribution in [1.82, 2.24) is 19.4 Å². The van der Waals surface area contributed by atoms with Crippen molar-refractivity contribution in [2.75, 3.05) is 26.2 Å². The SMILES string of the molecule is Cc1cccc2c(=O)n(CC(=O)N3CCN(C(C)C)CC3)cnc12. The lowest BCUT2D eigenvalue weighted by molar-refractivity contribution is -0.133. The van der Waals surface area contributed by atoms with Crippen molar-refractivity contribution in [3.8, 4) is 0 Å². The van der Waals surface area contributed by atoms with Crippen LogP contribution in [0.4, 0.5) is 0 Å². The Balaban J connectivity index is 1.75. The third kappa shape index (κ3) is 3.19. The quantitative estimate of drug-likeness (QED) is 0.851. The van der Waals surface area contributed by atoms with E-state index >= 15 is 0 Å². The van der Waals surface area contributed by atoms with Crippen LogP contribution >= 0.6 is 0 Å². The molecule has 128 valence electrons. The highest BCUT2D eigenvalue weighted by Gasteiger charge is 2.22. The maximum Gasteiger partial charge on any atom is 0.261 e. The van der Waals surface area contributed by atoms with Crippen molar-refractivity contribution >= 4 is 16.8 Å². The van der Waals surface area contributed by atoms with Crippen LogP contribution in [0, 0.1) is 6.92 Å². The van der Waals surface area contributed by atoms with Crippen molar-refractivity contribution in [3.05, 3.63) is 40.4 Å². The number of fused-ring (bicyclic) bond motifs is 1. The molecule has 1 fully saturated rings. The van der Waals surface area contributed by atoms with Crippen LogP contribution in [0.5, 0.6) is 0 Å². The summed E-state index contributed by atoms with van der Waals surface area (Å²) >= 11 is 0. The van der Waals surface area contributed by atoms with Crippen LogP contribution in [0.3, 0.4) is 0 Å². The molecular weight excluding hydrogens is 304 g/mol. The second-order valence-electron chi connectivity index (χ2n) is 6.66. The Morgan fingerprint density at radius 3 is 2.58 bits per heavy atom. The highest BCUT2D eigenvalue weighted by atomic mass is 16.2. The number of para-hydroxylation sites is 1. The van der Waals surface area contributed by atoms with Gasteiger partial charge in [0.1, 0.15) is 6.54 Å². The first-order valence-electron chi connectivity index (χ1n) is 8.44. The molecule has 0 atom stereocenters. The Morgan fingerprint density at radius 2 is 1.92 bits per heavy atom. The fourth-order valence-corrected chi connectivity index (χ4v) is 3.18. The lowest BCUT2D eigenvalue weighted by Gasteiger charge is -2.37. The topological polar surface area (TPSA) is 58.4 Å². The van der Waals surface area contributed by atoms with E-state index in [1.165, 1.54) is 10.9 Å². The molecule has 1 aliphatic rings. The highest BCUT2D eigenvalue weighted by Crippen LogP contribution is 2.11. The van der Waals surface area contributed by atoms with Crippen LogP contribution in [0.2, 0.25) is 0 Å². The summed E-state index contributed by atoms with van der Waals surface area (Å²) in [4.78, 5) is 33.7. The smallest absolute Gasteiger partial charge is 0.261 e. The number of hydrogen-bond donors (Lipinski definition) is 0. The van der Waals surface area contributed by atoms with Gasteiger partial charge >= 0.3 is 0 Å². The molecule has 0 bridgehead atoms. The molecule has 3 rings (SSSR count). The van der Waals surface area contributed by atoms with E-state index in [1.807, 2.05) is 24.0 Å². The maximum absolute atomic E-state index is 12.6. The van der Waals surface area contributed by atoms with E-state index in [4.69, 9.17) is 0 Å². The summed E-state index contributed by atoms with van der Waals surface area (Å²) in [6, 6.07) is 6.04. The molecule has 0 N–H and O–H groups in total. The summed E-state index contributed by atoms with van der Waals surface area (Å²) in [7, 11) is 0. The molecule has 1 amide bonds. The monoisotopic (exact) mass is 328 g/mol. The summed E-state index contributed by atoms with van der Waals surface area (Å²) in [6.07, 6.45) is 1.49. The van der Waals surface area contributed by atoms with Crippen molar-refractivity contribution in [2.24, 2.45) is 0 Å². The predicted octanol–water partition coefficient (Wildman–Crippen LogP) is 1.26. The van der Waals surface area contributed by atoms with Gasteiger partial charge in [-0.1, -0.05) is 12.1 Å². The summed E-state index contributed by atoms with van der Waals surface area (Å²) in [5.74, 6) is -0.0192. The first kappa shape index (κ1) is 16.6. The van der Waals surface area contributed by atoms with Crippen LogP contribution < -0.4 is 5.56 Å². The van der Waals surface area contributed by atoms with Gasteiger partial charge in [-0.25, -0.2) is 4.98 Å². The fourth-order valence-electron chi connectivity index (χ4n) is 3.18. The lowest BCUT2D eigenvalue weighted by atomic mass is 10.1. The predicted molar refractivity (Wildman–Crippen MR) is 94.0 cm³/mol. The Morgan fingerprint density at radius 1 is 1.21 bits per heavy atom. The van der Waals surface area contributed by atoms with E-state index in [1.54, 1.807) is 6.07 Å². The largest absolute Gasteiger partial charge is 0.339 e. The number of aryl methyl sites for hydroxylation is 1. The molecule has 1 aliphatic heterocycles. The van der Waals surface area contributed by atoms with Gasteiger partial charge in [-0.05, 0) is 32.4 Å². The number of benzene rings is 1. The zero-order chi connectivity index (χ0) is 17.3.